The van der Waals surface area contributed by atoms with E-state index in [9.17, 15) is 9.59 Å². The Morgan fingerprint density at radius 3 is 2.76 bits per heavy atom. The van der Waals surface area contributed by atoms with Gasteiger partial charge in [-0.3, -0.25) is 9.59 Å². The summed E-state index contributed by atoms with van der Waals surface area (Å²) in [5.41, 5.74) is 0.675. The third-order valence-corrected chi connectivity index (χ3v) is 4.65. The first-order valence-corrected chi connectivity index (χ1v) is 9.05. The fourth-order valence-electron chi connectivity index (χ4n) is 2.47. The smallest absolute Gasteiger partial charge is 0.265 e. The van der Waals surface area contributed by atoms with Crippen LogP contribution in [-0.4, -0.2) is 37.7 Å². The molecule has 1 aliphatic rings. The van der Waals surface area contributed by atoms with E-state index >= 15 is 0 Å². The van der Waals surface area contributed by atoms with Gasteiger partial charge in [0, 0.05) is 18.8 Å². The molecule has 1 aromatic heterocycles. The maximum Gasteiger partial charge on any atom is 0.265 e. The summed E-state index contributed by atoms with van der Waals surface area (Å²) >= 11 is 1.39. The zero-order valence-corrected chi connectivity index (χ0v) is 14.5. The molecule has 0 spiro atoms. The number of amides is 2. The van der Waals surface area contributed by atoms with Crippen LogP contribution in [0, 0.1) is 0 Å². The highest BCUT2D eigenvalue weighted by atomic mass is 32.1. The standard InChI is InChI=1S/C18H20N2O4S/c21-17(19-11-15-3-1-9-23-15)12-24-14-7-5-13(6-8-14)20-18(22)16-4-2-10-25-16/h2,4-8,10,15H,1,3,9,11-12H2,(H,19,21)(H,20,22)/t15-/m1/s1. The van der Waals surface area contributed by atoms with Crippen LogP contribution in [0.15, 0.2) is 41.8 Å². The molecule has 2 amide bonds. The number of nitrogens with one attached hydrogen (secondary N) is 2. The van der Waals surface area contributed by atoms with E-state index in [4.69, 9.17) is 9.47 Å². The third kappa shape index (κ3) is 5.30. The predicted molar refractivity (Wildman–Crippen MR) is 96.2 cm³/mol. The lowest BCUT2D eigenvalue weighted by molar-refractivity contribution is -0.123. The van der Waals surface area contributed by atoms with Gasteiger partial charge in [0.2, 0.25) is 0 Å². The van der Waals surface area contributed by atoms with Crippen molar-refractivity contribution in [1.29, 1.82) is 0 Å². The number of thiophene rings is 1. The van der Waals surface area contributed by atoms with Crippen LogP contribution < -0.4 is 15.4 Å². The maximum absolute atomic E-state index is 12.0. The molecule has 6 nitrogen and oxygen atoms in total. The second-order valence-corrected chi connectivity index (χ2v) is 6.63. The number of benzene rings is 1. The van der Waals surface area contributed by atoms with Crippen LogP contribution in [0.1, 0.15) is 22.5 Å². The summed E-state index contributed by atoms with van der Waals surface area (Å²) in [4.78, 5) is 24.4. The van der Waals surface area contributed by atoms with Crippen molar-refractivity contribution in [2.75, 3.05) is 25.1 Å². The summed E-state index contributed by atoms with van der Waals surface area (Å²) in [6, 6.07) is 10.5. The van der Waals surface area contributed by atoms with Crippen molar-refractivity contribution < 1.29 is 19.1 Å². The first-order valence-electron chi connectivity index (χ1n) is 8.17. The van der Waals surface area contributed by atoms with E-state index < -0.39 is 0 Å². The van der Waals surface area contributed by atoms with Crippen molar-refractivity contribution in [2.45, 2.75) is 18.9 Å². The molecule has 1 aromatic carbocycles. The Balaban J connectivity index is 1.41. The molecule has 2 aromatic rings. The molecule has 1 fully saturated rings. The Morgan fingerprint density at radius 2 is 2.08 bits per heavy atom. The number of rotatable bonds is 7. The van der Waals surface area contributed by atoms with Gasteiger partial charge < -0.3 is 20.1 Å². The van der Waals surface area contributed by atoms with Crippen molar-refractivity contribution in [1.82, 2.24) is 5.32 Å². The van der Waals surface area contributed by atoms with E-state index in [1.165, 1.54) is 11.3 Å². The number of carbonyl (C=O) groups is 2. The molecule has 1 saturated heterocycles. The molecular weight excluding hydrogens is 340 g/mol. The molecule has 3 rings (SSSR count). The van der Waals surface area contributed by atoms with E-state index in [1.54, 1.807) is 30.3 Å². The summed E-state index contributed by atoms with van der Waals surface area (Å²) in [5, 5.41) is 7.47. The molecule has 0 unspecified atom stereocenters. The van der Waals surface area contributed by atoms with Gasteiger partial charge in [0.15, 0.2) is 6.61 Å². The minimum absolute atomic E-state index is 0.0480. The molecule has 1 atom stereocenters. The number of carbonyl (C=O) groups excluding carboxylic acids is 2. The van der Waals surface area contributed by atoms with Gasteiger partial charge >= 0.3 is 0 Å². The highest BCUT2D eigenvalue weighted by Crippen LogP contribution is 2.17. The van der Waals surface area contributed by atoms with Crippen molar-refractivity contribution in [3.63, 3.8) is 0 Å². The Hall–Kier alpha value is -2.38. The highest BCUT2D eigenvalue weighted by molar-refractivity contribution is 7.12. The number of hydrogen-bond acceptors (Lipinski definition) is 5. The van der Waals surface area contributed by atoms with Crippen molar-refractivity contribution >= 4 is 28.8 Å². The molecule has 25 heavy (non-hydrogen) atoms. The van der Waals surface area contributed by atoms with Crippen molar-refractivity contribution in [2.24, 2.45) is 0 Å². The van der Waals surface area contributed by atoms with Crippen LogP contribution in [0.3, 0.4) is 0 Å². The zero-order valence-electron chi connectivity index (χ0n) is 13.7. The molecule has 1 aliphatic heterocycles. The molecule has 0 aliphatic carbocycles. The first kappa shape index (κ1) is 17.4. The molecule has 132 valence electrons. The topological polar surface area (TPSA) is 76.7 Å². The van der Waals surface area contributed by atoms with E-state index in [0.717, 1.165) is 19.4 Å². The first-order chi connectivity index (χ1) is 12.2. The lowest BCUT2D eigenvalue weighted by Crippen LogP contribution is -2.35. The summed E-state index contributed by atoms with van der Waals surface area (Å²) in [7, 11) is 0. The monoisotopic (exact) mass is 360 g/mol. The zero-order chi connectivity index (χ0) is 17.5. The summed E-state index contributed by atoms with van der Waals surface area (Å²) in [6.45, 7) is 1.25. The van der Waals surface area contributed by atoms with Crippen LogP contribution in [0.2, 0.25) is 0 Å². The van der Waals surface area contributed by atoms with Crippen LogP contribution in [0.5, 0.6) is 5.75 Å². The van der Waals surface area contributed by atoms with Crippen LogP contribution in [-0.2, 0) is 9.53 Å². The third-order valence-electron chi connectivity index (χ3n) is 3.78. The second-order valence-electron chi connectivity index (χ2n) is 5.68. The van der Waals surface area contributed by atoms with Gasteiger partial charge in [-0.25, -0.2) is 0 Å². The van der Waals surface area contributed by atoms with Crippen LogP contribution in [0.4, 0.5) is 5.69 Å². The molecule has 0 saturated carbocycles. The van der Waals surface area contributed by atoms with Crippen molar-refractivity contribution in [3.8, 4) is 5.75 Å². The largest absolute Gasteiger partial charge is 0.484 e. The van der Waals surface area contributed by atoms with Crippen molar-refractivity contribution in [3.05, 3.63) is 46.7 Å². The van der Waals surface area contributed by atoms with Gasteiger partial charge in [-0.15, -0.1) is 11.3 Å². The quantitative estimate of drug-likeness (QED) is 0.796. The second kappa shape index (κ2) is 8.64. The number of hydrogen-bond donors (Lipinski definition) is 2. The summed E-state index contributed by atoms with van der Waals surface area (Å²) in [5.74, 6) is 0.254. The number of anilines is 1. The molecule has 7 heteroatoms. The molecule has 2 N–H and O–H groups in total. The maximum atomic E-state index is 12.0. The van der Waals surface area contributed by atoms with E-state index in [-0.39, 0.29) is 24.5 Å². The average Bonchev–Trinajstić information content (AvgIpc) is 3.33. The Labute approximate surface area is 150 Å². The fourth-order valence-corrected chi connectivity index (χ4v) is 3.09. The SMILES string of the molecule is O=C(COc1ccc(NC(=O)c2cccs2)cc1)NC[C@H]1CCCO1. The highest BCUT2D eigenvalue weighted by Gasteiger charge is 2.16. The lowest BCUT2D eigenvalue weighted by atomic mass is 10.2. The van der Waals surface area contributed by atoms with Gasteiger partial charge in [0.25, 0.3) is 11.8 Å². The van der Waals surface area contributed by atoms with Gasteiger partial charge in [0.05, 0.1) is 11.0 Å². The van der Waals surface area contributed by atoms with E-state index in [2.05, 4.69) is 10.6 Å². The normalized spacial score (nSPS) is 16.4. The van der Waals surface area contributed by atoms with Crippen LogP contribution in [0.25, 0.3) is 0 Å². The van der Waals surface area contributed by atoms with Gasteiger partial charge in [-0.05, 0) is 48.6 Å². The summed E-state index contributed by atoms with van der Waals surface area (Å²) in [6.07, 6.45) is 2.15. The Kier molecular flexibility index (Phi) is 6.03. The van der Waals surface area contributed by atoms with Crippen LogP contribution >= 0.6 is 11.3 Å². The molecular formula is C18H20N2O4S. The molecule has 0 radical (unpaired) electrons. The minimum atomic E-state index is -0.175. The fraction of sp³-hybridized carbons (Fsp3) is 0.333. The van der Waals surface area contributed by atoms with Gasteiger partial charge in [-0.1, -0.05) is 6.07 Å². The van der Waals surface area contributed by atoms with Gasteiger partial charge in [-0.2, -0.15) is 0 Å². The summed E-state index contributed by atoms with van der Waals surface area (Å²) < 4.78 is 10.9. The Morgan fingerprint density at radius 1 is 1.24 bits per heavy atom. The Bertz CT molecular complexity index is 694. The predicted octanol–water partition coefficient (Wildman–Crippen LogP) is 2.67. The van der Waals surface area contributed by atoms with E-state index in [1.807, 2.05) is 11.4 Å². The van der Waals surface area contributed by atoms with E-state index in [0.29, 0.717) is 22.9 Å². The number of ether oxygens (including phenoxy) is 2. The lowest BCUT2D eigenvalue weighted by Gasteiger charge is -2.11. The van der Waals surface area contributed by atoms with Gasteiger partial charge in [0.1, 0.15) is 5.75 Å². The average molecular weight is 360 g/mol. The minimum Gasteiger partial charge on any atom is -0.484 e. The molecule has 2 heterocycles. The molecule has 0 bridgehead atoms.